The molecule has 57 valence electrons. The van der Waals surface area contributed by atoms with Gasteiger partial charge in [-0.25, -0.2) is 0 Å². The van der Waals surface area contributed by atoms with E-state index in [1.54, 1.807) is 0 Å². The van der Waals surface area contributed by atoms with Gasteiger partial charge in [-0.2, -0.15) is 0 Å². The molecule has 1 aliphatic rings. The molecule has 0 aliphatic carbocycles. The number of pyridine rings is 1. The molecular weight excluding hydrogens is 136 g/mol. The van der Waals surface area contributed by atoms with Gasteiger partial charge in [0.25, 0.3) is 0 Å². The Morgan fingerprint density at radius 3 is 3.00 bits per heavy atom. The first kappa shape index (κ1) is 6.80. The van der Waals surface area contributed by atoms with Crippen molar-refractivity contribution in [2.24, 2.45) is 0 Å². The van der Waals surface area contributed by atoms with Gasteiger partial charge in [-0.15, -0.1) is 0 Å². The maximum absolute atomic E-state index is 4.26. The first-order valence-electron chi connectivity index (χ1n) is 3.98. The van der Waals surface area contributed by atoms with Crippen molar-refractivity contribution in [2.75, 3.05) is 6.54 Å². The molecule has 1 fully saturated rings. The standard InChI is InChI=1S/C9H11N2/c1-2-6-10-8(4-1)9-5-3-7-11-9/h1-2,4,6,11H,3,5,7H2. The van der Waals surface area contributed by atoms with Crippen molar-refractivity contribution >= 4 is 0 Å². The SMILES string of the molecule is c1ccc([C]2CCCN2)nc1. The van der Waals surface area contributed by atoms with Gasteiger partial charge in [0.15, 0.2) is 0 Å². The van der Waals surface area contributed by atoms with Crippen LogP contribution in [0.5, 0.6) is 0 Å². The summed E-state index contributed by atoms with van der Waals surface area (Å²) in [5.41, 5.74) is 1.10. The molecule has 0 amide bonds. The summed E-state index contributed by atoms with van der Waals surface area (Å²) in [5, 5.41) is 3.33. The van der Waals surface area contributed by atoms with Gasteiger partial charge in [-0.1, -0.05) is 6.07 Å². The molecule has 1 N–H and O–H groups in total. The molecule has 0 spiro atoms. The smallest absolute Gasteiger partial charge is 0.0850 e. The molecule has 2 rings (SSSR count). The number of aromatic nitrogens is 1. The van der Waals surface area contributed by atoms with Crippen LogP contribution in [0, 0.1) is 6.04 Å². The zero-order chi connectivity index (χ0) is 7.52. The predicted molar refractivity (Wildman–Crippen MR) is 43.8 cm³/mol. The molecule has 2 heterocycles. The van der Waals surface area contributed by atoms with Crippen molar-refractivity contribution in [3.8, 4) is 0 Å². The Kier molecular flexibility index (Phi) is 1.86. The second-order valence-electron chi connectivity index (χ2n) is 2.72. The highest BCUT2D eigenvalue weighted by Crippen LogP contribution is 2.18. The molecule has 0 bridgehead atoms. The Hall–Kier alpha value is -0.890. The van der Waals surface area contributed by atoms with Crippen LogP contribution in [0.4, 0.5) is 0 Å². The summed E-state index contributed by atoms with van der Waals surface area (Å²) in [6.07, 6.45) is 4.23. The largest absolute Gasteiger partial charge is 0.304 e. The van der Waals surface area contributed by atoms with Crippen molar-refractivity contribution in [3.05, 3.63) is 36.1 Å². The maximum Gasteiger partial charge on any atom is 0.0850 e. The molecule has 1 radical (unpaired) electrons. The van der Waals surface area contributed by atoms with Crippen molar-refractivity contribution in [2.45, 2.75) is 12.8 Å². The number of rotatable bonds is 1. The van der Waals surface area contributed by atoms with Gasteiger partial charge in [-0.3, -0.25) is 4.98 Å². The molecule has 0 unspecified atom stereocenters. The van der Waals surface area contributed by atoms with Crippen LogP contribution in [0.3, 0.4) is 0 Å². The molecule has 11 heavy (non-hydrogen) atoms. The van der Waals surface area contributed by atoms with Crippen LogP contribution < -0.4 is 5.32 Å². The summed E-state index contributed by atoms with van der Waals surface area (Å²) in [4.78, 5) is 4.26. The minimum Gasteiger partial charge on any atom is -0.304 e. The quantitative estimate of drug-likeness (QED) is 0.648. The summed E-state index contributed by atoms with van der Waals surface area (Å²) < 4.78 is 0. The van der Waals surface area contributed by atoms with Crippen LogP contribution in [0.15, 0.2) is 24.4 Å². The van der Waals surface area contributed by atoms with Gasteiger partial charge in [0.05, 0.1) is 11.7 Å². The Morgan fingerprint density at radius 1 is 1.36 bits per heavy atom. The lowest BCUT2D eigenvalue weighted by Gasteiger charge is -2.06. The van der Waals surface area contributed by atoms with Crippen molar-refractivity contribution in [1.29, 1.82) is 0 Å². The fourth-order valence-corrected chi connectivity index (χ4v) is 1.35. The first-order valence-corrected chi connectivity index (χ1v) is 3.98. The van der Waals surface area contributed by atoms with Gasteiger partial charge < -0.3 is 5.32 Å². The molecule has 2 heteroatoms. The van der Waals surface area contributed by atoms with Crippen LogP contribution in [0.2, 0.25) is 0 Å². The van der Waals surface area contributed by atoms with Crippen molar-refractivity contribution in [3.63, 3.8) is 0 Å². The van der Waals surface area contributed by atoms with E-state index in [-0.39, 0.29) is 0 Å². The summed E-state index contributed by atoms with van der Waals surface area (Å²) in [6.45, 7) is 1.10. The van der Waals surface area contributed by atoms with Crippen LogP contribution in [-0.4, -0.2) is 11.5 Å². The van der Waals surface area contributed by atoms with E-state index in [2.05, 4.69) is 10.3 Å². The lowest BCUT2D eigenvalue weighted by atomic mass is 10.1. The molecule has 1 aliphatic heterocycles. The molecule has 2 nitrogen and oxygen atoms in total. The average molecular weight is 147 g/mol. The van der Waals surface area contributed by atoms with Gasteiger partial charge in [-0.05, 0) is 31.5 Å². The molecular formula is C9H11N2. The predicted octanol–water partition coefficient (Wildman–Crippen LogP) is 1.35. The van der Waals surface area contributed by atoms with E-state index < -0.39 is 0 Å². The number of nitrogens with zero attached hydrogens (tertiary/aromatic N) is 1. The topological polar surface area (TPSA) is 24.9 Å². The third-order valence-electron chi connectivity index (χ3n) is 1.92. The average Bonchev–Trinajstić information content (AvgIpc) is 2.58. The lowest BCUT2D eigenvalue weighted by molar-refractivity contribution is 0.835. The molecule has 1 saturated heterocycles. The van der Waals surface area contributed by atoms with E-state index in [0.717, 1.165) is 18.7 Å². The maximum atomic E-state index is 4.26. The highest BCUT2D eigenvalue weighted by molar-refractivity contribution is 5.22. The zero-order valence-electron chi connectivity index (χ0n) is 6.38. The van der Waals surface area contributed by atoms with Gasteiger partial charge in [0, 0.05) is 6.20 Å². The minimum atomic E-state index is 1.10. The summed E-state index contributed by atoms with van der Waals surface area (Å²) in [7, 11) is 0. The Morgan fingerprint density at radius 2 is 2.36 bits per heavy atom. The van der Waals surface area contributed by atoms with Crippen LogP contribution in [-0.2, 0) is 0 Å². The zero-order valence-corrected chi connectivity index (χ0v) is 6.38. The van der Waals surface area contributed by atoms with Crippen molar-refractivity contribution < 1.29 is 0 Å². The van der Waals surface area contributed by atoms with E-state index in [1.807, 2.05) is 24.4 Å². The van der Waals surface area contributed by atoms with Crippen LogP contribution in [0.25, 0.3) is 0 Å². The molecule has 1 aromatic heterocycles. The van der Waals surface area contributed by atoms with E-state index in [0.29, 0.717) is 0 Å². The van der Waals surface area contributed by atoms with E-state index >= 15 is 0 Å². The second-order valence-corrected chi connectivity index (χ2v) is 2.72. The van der Waals surface area contributed by atoms with E-state index in [9.17, 15) is 0 Å². The second kappa shape index (κ2) is 3.01. The van der Waals surface area contributed by atoms with Crippen LogP contribution in [0.1, 0.15) is 18.5 Å². The van der Waals surface area contributed by atoms with Gasteiger partial charge in [0.2, 0.25) is 0 Å². The fourth-order valence-electron chi connectivity index (χ4n) is 1.35. The van der Waals surface area contributed by atoms with Crippen LogP contribution >= 0.6 is 0 Å². The Balaban J connectivity index is 2.16. The fraction of sp³-hybridized carbons (Fsp3) is 0.333. The number of hydrogen-bond donors (Lipinski definition) is 1. The number of nitrogens with one attached hydrogen (secondary N) is 1. The molecule has 0 atom stereocenters. The normalized spacial score (nSPS) is 18.9. The Bertz CT molecular complexity index is 214. The summed E-state index contributed by atoms with van der Waals surface area (Å²) in [5.74, 6) is 0. The molecule has 0 aromatic carbocycles. The van der Waals surface area contributed by atoms with E-state index in [4.69, 9.17) is 0 Å². The number of hydrogen-bond acceptors (Lipinski definition) is 2. The van der Waals surface area contributed by atoms with Crippen molar-refractivity contribution in [1.82, 2.24) is 10.3 Å². The first-order chi connectivity index (χ1) is 5.47. The highest BCUT2D eigenvalue weighted by atomic mass is 15.0. The Labute approximate surface area is 66.7 Å². The third-order valence-corrected chi connectivity index (χ3v) is 1.92. The molecule has 0 saturated carbocycles. The van der Waals surface area contributed by atoms with Gasteiger partial charge >= 0.3 is 0 Å². The summed E-state index contributed by atoms with van der Waals surface area (Å²) in [6, 6.07) is 7.31. The summed E-state index contributed by atoms with van der Waals surface area (Å²) >= 11 is 0. The monoisotopic (exact) mass is 147 g/mol. The minimum absolute atomic E-state index is 1.10. The van der Waals surface area contributed by atoms with Gasteiger partial charge in [0.1, 0.15) is 0 Å². The third kappa shape index (κ3) is 1.40. The highest BCUT2D eigenvalue weighted by Gasteiger charge is 2.17. The van der Waals surface area contributed by atoms with E-state index in [1.165, 1.54) is 12.5 Å². The molecule has 1 aromatic rings. The lowest BCUT2D eigenvalue weighted by Crippen LogP contribution is -2.14.